The maximum Gasteiger partial charge on any atom is 0.311 e. The first-order chi connectivity index (χ1) is 11.9. The Morgan fingerprint density at radius 1 is 1.20 bits per heavy atom. The van der Waals surface area contributed by atoms with Crippen molar-refractivity contribution in [3.05, 3.63) is 33.0 Å². The van der Waals surface area contributed by atoms with E-state index in [0.717, 1.165) is 21.5 Å². The number of nitrogens with zero attached hydrogens (tertiary/aromatic N) is 3. The summed E-state index contributed by atoms with van der Waals surface area (Å²) in [5.41, 5.74) is 2.30. The molecule has 0 saturated heterocycles. The van der Waals surface area contributed by atoms with Crippen molar-refractivity contribution in [3.8, 4) is 0 Å². The van der Waals surface area contributed by atoms with Crippen molar-refractivity contribution in [1.29, 1.82) is 0 Å². The molecule has 3 aromatic rings. The van der Waals surface area contributed by atoms with Crippen LogP contribution in [0.5, 0.6) is 0 Å². The number of nitrogens with one attached hydrogen (secondary N) is 1. The first-order valence-electron chi connectivity index (χ1n) is 7.46. The van der Waals surface area contributed by atoms with Crippen LogP contribution in [0.2, 0.25) is 0 Å². The molecule has 1 N–H and O–H groups in total. The number of methoxy groups -OCH3 is 1. The fourth-order valence-corrected chi connectivity index (χ4v) is 4.39. The largest absolute Gasteiger partial charge is 0.469 e. The number of thiophene rings is 1. The molecule has 0 fully saturated rings. The van der Waals surface area contributed by atoms with Gasteiger partial charge < -0.3 is 4.74 Å². The lowest BCUT2D eigenvalue weighted by molar-refractivity contribution is -0.139. The van der Waals surface area contributed by atoms with Gasteiger partial charge in [0.1, 0.15) is 10.7 Å². The molecular weight excluding hydrogens is 360 g/mol. The molecule has 0 aliphatic carbocycles. The molecule has 0 aliphatic heterocycles. The van der Waals surface area contributed by atoms with E-state index in [2.05, 4.69) is 25.0 Å². The summed E-state index contributed by atoms with van der Waals surface area (Å²) < 4.78 is 4.61. The zero-order valence-electron chi connectivity index (χ0n) is 14.2. The van der Waals surface area contributed by atoms with Crippen molar-refractivity contribution < 1.29 is 14.3 Å². The molecule has 25 heavy (non-hydrogen) atoms. The molecule has 3 aromatic heterocycles. The van der Waals surface area contributed by atoms with Crippen LogP contribution >= 0.6 is 22.7 Å². The summed E-state index contributed by atoms with van der Waals surface area (Å²) in [5.74, 6) is 0.0788. The monoisotopic (exact) mass is 376 g/mol. The molecule has 0 atom stereocenters. The van der Waals surface area contributed by atoms with Crippen molar-refractivity contribution >= 4 is 49.9 Å². The Bertz CT molecular complexity index is 977. The Hall–Kier alpha value is -2.39. The van der Waals surface area contributed by atoms with Crippen molar-refractivity contribution in [2.75, 3.05) is 12.4 Å². The Morgan fingerprint density at radius 3 is 2.68 bits per heavy atom. The van der Waals surface area contributed by atoms with E-state index < -0.39 is 0 Å². The molecule has 0 aliphatic rings. The summed E-state index contributed by atoms with van der Waals surface area (Å²) >= 11 is 2.61. The molecule has 0 bridgehead atoms. The molecule has 1 amide bonds. The SMILES string of the molecule is COC(=O)Cc1csc(NC(=O)c2sc3nc(C)nc(C)c3c2C)n1. The van der Waals surface area contributed by atoms with Gasteiger partial charge in [-0.25, -0.2) is 15.0 Å². The average molecular weight is 376 g/mol. The molecule has 0 aromatic carbocycles. The van der Waals surface area contributed by atoms with Gasteiger partial charge in [-0.1, -0.05) is 0 Å². The normalized spacial score (nSPS) is 10.9. The first-order valence-corrected chi connectivity index (χ1v) is 9.15. The number of ether oxygens (including phenoxy) is 1. The van der Waals surface area contributed by atoms with Crippen LogP contribution in [0.25, 0.3) is 10.2 Å². The molecule has 130 valence electrons. The summed E-state index contributed by atoms with van der Waals surface area (Å²) in [5, 5.41) is 5.88. The molecule has 0 unspecified atom stereocenters. The topological polar surface area (TPSA) is 94.1 Å². The number of anilines is 1. The highest BCUT2D eigenvalue weighted by molar-refractivity contribution is 7.21. The fourth-order valence-electron chi connectivity index (χ4n) is 2.51. The van der Waals surface area contributed by atoms with Crippen LogP contribution in [0.1, 0.15) is 32.4 Å². The minimum Gasteiger partial charge on any atom is -0.469 e. The highest BCUT2D eigenvalue weighted by Crippen LogP contribution is 2.32. The third kappa shape index (κ3) is 3.52. The smallest absolute Gasteiger partial charge is 0.311 e. The molecule has 0 spiro atoms. The molecule has 7 nitrogen and oxygen atoms in total. The van der Waals surface area contributed by atoms with Crippen LogP contribution in [-0.4, -0.2) is 33.9 Å². The third-order valence-electron chi connectivity index (χ3n) is 3.61. The van der Waals surface area contributed by atoms with Crippen molar-refractivity contribution in [3.63, 3.8) is 0 Å². The number of hydrogen-bond acceptors (Lipinski definition) is 8. The number of esters is 1. The predicted octanol–water partition coefficient (Wildman–Crippen LogP) is 3.04. The number of rotatable bonds is 4. The second kappa shape index (κ2) is 6.85. The highest BCUT2D eigenvalue weighted by atomic mass is 32.1. The minimum atomic E-state index is -0.368. The number of aryl methyl sites for hydroxylation is 3. The van der Waals surface area contributed by atoms with Crippen LogP contribution in [-0.2, 0) is 16.0 Å². The Labute approximate surface area is 152 Å². The molecule has 0 saturated carbocycles. The van der Waals surface area contributed by atoms with Crippen molar-refractivity contribution in [1.82, 2.24) is 15.0 Å². The predicted molar refractivity (Wildman–Crippen MR) is 97.4 cm³/mol. The van der Waals surface area contributed by atoms with E-state index >= 15 is 0 Å². The van der Waals surface area contributed by atoms with Gasteiger partial charge in [0.05, 0.1) is 24.1 Å². The summed E-state index contributed by atoms with van der Waals surface area (Å²) in [6.07, 6.45) is 0.0822. The van der Waals surface area contributed by atoms with E-state index in [1.54, 1.807) is 5.38 Å². The van der Waals surface area contributed by atoms with Crippen LogP contribution in [0.4, 0.5) is 5.13 Å². The summed E-state index contributed by atoms with van der Waals surface area (Å²) in [6, 6.07) is 0. The van der Waals surface area contributed by atoms with Gasteiger partial charge in [-0.3, -0.25) is 14.9 Å². The average Bonchev–Trinajstić information content (AvgIpc) is 3.11. The highest BCUT2D eigenvalue weighted by Gasteiger charge is 2.20. The maximum atomic E-state index is 12.6. The number of carbonyl (C=O) groups is 2. The van der Waals surface area contributed by atoms with Crippen LogP contribution < -0.4 is 5.32 Å². The van der Waals surface area contributed by atoms with Gasteiger partial charge in [-0.15, -0.1) is 22.7 Å². The van der Waals surface area contributed by atoms with Crippen LogP contribution in [0, 0.1) is 20.8 Å². The van der Waals surface area contributed by atoms with Gasteiger partial charge in [0.15, 0.2) is 5.13 Å². The lowest BCUT2D eigenvalue weighted by Crippen LogP contribution is -2.11. The van der Waals surface area contributed by atoms with Crippen LogP contribution in [0.3, 0.4) is 0 Å². The summed E-state index contributed by atoms with van der Waals surface area (Å²) in [6.45, 7) is 5.64. The number of aromatic nitrogens is 3. The molecule has 9 heteroatoms. The van der Waals surface area contributed by atoms with Gasteiger partial charge in [-0.2, -0.15) is 0 Å². The van der Waals surface area contributed by atoms with Gasteiger partial charge in [0.25, 0.3) is 5.91 Å². The zero-order chi connectivity index (χ0) is 18.1. The number of carbonyl (C=O) groups excluding carboxylic acids is 2. The first kappa shape index (κ1) is 17.4. The van der Waals surface area contributed by atoms with E-state index in [-0.39, 0.29) is 18.3 Å². The Morgan fingerprint density at radius 2 is 1.96 bits per heavy atom. The van der Waals surface area contributed by atoms with Gasteiger partial charge in [0, 0.05) is 16.5 Å². The molecule has 3 heterocycles. The lowest BCUT2D eigenvalue weighted by Gasteiger charge is -2.01. The third-order valence-corrected chi connectivity index (χ3v) is 5.61. The Balaban J connectivity index is 1.84. The van der Waals surface area contributed by atoms with Gasteiger partial charge in [0.2, 0.25) is 0 Å². The van der Waals surface area contributed by atoms with Gasteiger partial charge in [-0.05, 0) is 26.3 Å². The standard InChI is InChI=1S/C16H16N4O3S2/c1-7-12-8(2)17-9(3)18-15(12)25-13(7)14(22)20-16-19-10(6-24-16)5-11(21)23-4/h6H,5H2,1-4H3,(H,19,20,22). The lowest BCUT2D eigenvalue weighted by atomic mass is 10.1. The number of fused-ring (bicyclic) bond motifs is 1. The second-order valence-corrected chi connectivity index (χ2v) is 7.30. The van der Waals surface area contributed by atoms with Gasteiger partial charge >= 0.3 is 5.97 Å². The summed E-state index contributed by atoms with van der Waals surface area (Å²) in [7, 11) is 1.33. The summed E-state index contributed by atoms with van der Waals surface area (Å²) in [4.78, 5) is 38.3. The van der Waals surface area contributed by atoms with E-state index in [4.69, 9.17) is 0 Å². The fraction of sp³-hybridized carbons (Fsp3) is 0.312. The number of amides is 1. The van der Waals surface area contributed by atoms with Crippen LogP contribution in [0.15, 0.2) is 5.38 Å². The zero-order valence-corrected chi connectivity index (χ0v) is 15.8. The number of thiazole rings is 1. The quantitative estimate of drug-likeness (QED) is 0.704. The van der Waals surface area contributed by atoms with E-state index in [9.17, 15) is 9.59 Å². The maximum absolute atomic E-state index is 12.6. The van der Waals surface area contributed by atoms with Crippen molar-refractivity contribution in [2.24, 2.45) is 0 Å². The Kier molecular flexibility index (Phi) is 4.78. The minimum absolute atomic E-state index is 0.0822. The number of hydrogen-bond donors (Lipinski definition) is 1. The van der Waals surface area contributed by atoms with E-state index in [1.807, 2.05) is 20.8 Å². The molecular formula is C16H16N4O3S2. The molecule has 3 rings (SSSR count). The molecule has 0 radical (unpaired) electrons. The van der Waals surface area contributed by atoms with E-state index in [0.29, 0.717) is 21.5 Å². The van der Waals surface area contributed by atoms with Crippen molar-refractivity contribution in [2.45, 2.75) is 27.2 Å². The van der Waals surface area contributed by atoms with E-state index in [1.165, 1.54) is 29.8 Å². The second-order valence-electron chi connectivity index (χ2n) is 5.44.